The average Bonchev–Trinajstić information content (AvgIpc) is 2.17. The van der Waals surface area contributed by atoms with Crippen molar-refractivity contribution >= 4 is 5.97 Å². The molecule has 0 aromatic heterocycles. The number of hydrogen-bond donors (Lipinski definition) is 1. The van der Waals surface area contributed by atoms with Gasteiger partial charge in [0.1, 0.15) is 0 Å². The zero-order chi connectivity index (χ0) is 9.84. The van der Waals surface area contributed by atoms with Crippen LogP contribution in [0.4, 0.5) is 0 Å². The first-order valence-electron chi connectivity index (χ1n) is 5.07. The van der Waals surface area contributed by atoms with Crippen molar-refractivity contribution < 1.29 is 9.90 Å². The lowest BCUT2D eigenvalue weighted by Crippen LogP contribution is -2.19. The monoisotopic (exact) mass is 182 g/mol. The summed E-state index contributed by atoms with van der Waals surface area (Å²) in [6, 6.07) is 0. The molecule has 1 saturated carbocycles. The standard InChI is InChI=1S/C11H18O2/c1-3-9-4-6-10(7-5-9)8(2)11(12)13/h9-10H,2-7H2,1H3,(H,12,13). The topological polar surface area (TPSA) is 37.3 Å². The Kier molecular flexibility index (Phi) is 3.52. The van der Waals surface area contributed by atoms with E-state index in [2.05, 4.69) is 13.5 Å². The molecule has 1 fully saturated rings. The van der Waals surface area contributed by atoms with Gasteiger partial charge in [0.2, 0.25) is 0 Å². The Morgan fingerprint density at radius 1 is 1.38 bits per heavy atom. The highest BCUT2D eigenvalue weighted by Crippen LogP contribution is 2.33. The molecule has 0 amide bonds. The third-order valence-electron chi connectivity index (χ3n) is 3.19. The molecular weight excluding hydrogens is 164 g/mol. The molecule has 0 spiro atoms. The van der Waals surface area contributed by atoms with Crippen LogP contribution in [-0.2, 0) is 4.79 Å². The highest BCUT2D eigenvalue weighted by Gasteiger charge is 2.24. The molecule has 0 aliphatic heterocycles. The van der Waals surface area contributed by atoms with E-state index in [0.29, 0.717) is 5.57 Å². The van der Waals surface area contributed by atoms with Crippen molar-refractivity contribution in [3.05, 3.63) is 12.2 Å². The van der Waals surface area contributed by atoms with E-state index in [9.17, 15) is 4.79 Å². The Hall–Kier alpha value is -0.790. The molecule has 0 unspecified atom stereocenters. The maximum atomic E-state index is 10.7. The summed E-state index contributed by atoms with van der Waals surface area (Å²) in [4.78, 5) is 10.7. The van der Waals surface area contributed by atoms with Gasteiger partial charge >= 0.3 is 5.97 Å². The Labute approximate surface area is 79.6 Å². The van der Waals surface area contributed by atoms with Crippen LogP contribution in [0, 0.1) is 11.8 Å². The lowest BCUT2D eigenvalue weighted by Gasteiger charge is -2.27. The summed E-state index contributed by atoms with van der Waals surface area (Å²) < 4.78 is 0. The highest BCUT2D eigenvalue weighted by molar-refractivity contribution is 5.86. The van der Waals surface area contributed by atoms with Crippen molar-refractivity contribution in [2.45, 2.75) is 39.0 Å². The average molecular weight is 182 g/mol. The normalized spacial score (nSPS) is 28.4. The fourth-order valence-corrected chi connectivity index (χ4v) is 2.09. The molecule has 0 aromatic carbocycles. The van der Waals surface area contributed by atoms with E-state index < -0.39 is 5.97 Å². The molecule has 1 aliphatic carbocycles. The first kappa shape index (κ1) is 10.3. The van der Waals surface area contributed by atoms with E-state index in [1.165, 1.54) is 19.3 Å². The second kappa shape index (κ2) is 4.45. The minimum Gasteiger partial charge on any atom is -0.478 e. The molecule has 0 aromatic rings. The Morgan fingerprint density at radius 3 is 2.31 bits per heavy atom. The van der Waals surface area contributed by atoms with Gasteiger partial charge in [-0.1, -0.05) is 19.9 Å². The van der Waals surface area contributed by atoms with Gasteiger partial charge < -0.3 is 5.11 Å². The molecule has 1 rings (SSSR count). The summed E-state index contributed by atoms with van der Waals surface area (Å²) >= 11 is 0. The predicted molar refractivity (Wildman–Crippen MR) is 52.5 cm³/mol. The van der Waals surface area contributed by atoms with Crippen LogP contribution in [0.15, 0.2) is 12.2 Å². The van der Waals surface area contributed by atoms with Gasteiger partial charge in [-0.2, -0.15) is 0 Å². The van der Waals surface area contributed by atoms with Gasteiger partial charge in [-0.15, -0.1) is 0 Å². The maximum Gasteiger partial charge on any atom is 0.331 e. The van der Waals surface area contributed by atoms with E-state index >= 15 is 0 Å². The number of rotatable bonds is 3. The summed E-state index contributed by atoms with van der Waals surface area (Å²) in [5.74, 6) is 0.234. The molecule has 0 bridgehead atoms. The molecule has 0 atom stereocenters. The van der Waals surface area contributed by atoms with Crippen molar-refractivity contribution in [3.8, 4) is 0 Å². The quantitative estimate of drug-likeness (QED) is 0.681. The third-order valence-corrected chi connectivity index (χ3v) is 3.19. The molecule has 74 valence electrons. The van der Waals surface area contributed by atoms with Gasteiger partial charge in [0.05, 0.1) is 0 Å². The van der Waals surface area contributed by atoms with Gasteiger partial charge in [-0.25, -0.2) is 4.79 Å². The maximum absolute atomic E-state index is 10.7. The fraction of sp³-hybridized carbons (Fsp3) is 0.727. The molecule has 13 heavy (non-hydrogen) atoms. The third kappa shape index (κ3) is 2.58. The number of aliphatic carboxylic acids is 1. The van der Waals surface area contributed by atoms with Gasteiger partial charge in [-0.3, -0.25) is 0 Å². The lowest BCUT2D eigenvalue weighted by atomic mass is 9.78. The molecular formula is C11H18O2. The summed E-state index contributed by atoms with van der Waals surface area (Å²) in [6.45, 7) is 5.83. The van der Waals surface area contributed by atoms with Crippen LogP contribution in [0.25, 0.3) is 0 Å². The number of carboxylic acids is 1. The summed E-state index contributed by atoms with van der Waals surface area (Å²) in [6.07, 6.45) is 5.61. The summed E-state index contributed by atoms with van der Waals surface area (Å²) in [5.41, 5.74) is 0.412. The zero-order valence-corrected chi connectivity index (χ0v) is 8.25. The second-order valence-corrected chi connectivity index (χ2v) is 3.96. The number of carbonyl (C=O) groups is 1. The van der Waals surface area contributed by atoms with Crippen LogP contribution in [0.5, 0.6) is 0 Å². The smallest absolute Gasteiger partial charge is 0.331 e. The molecule has 1 aliphatic rings. The first-order chi connectivity index (χ1) is 6.15. The minimum atomic E-state index is -0.819. The second-order valence-electron chi connectivity index (χ2n) is 3.96. The van der Waals surface area contributed by atoms with Gasteiger partial charge in [0.25, 0.3) is 0 Å². The molecule has 0 radical (unpaired) electrons. The Morgan fingerprint density at radius 2 is 1.92 bits per heavy atom. The number of hydrogen-bond acceptors (Lipinski definition) is 1. The van der Waals surface area contributed by atoms with Crippen molar-refractivity contribution in [3.63, 3.8) is 0 Å². The number of carboxylic acid groups (broad SMARTS) is 1. The molecule has 2 nitrogen and oxygen atoms in total. The largest absolute Gasteiger partial charge is 0.478 e. The summed E-state index contributed by atoms with van der Waals surface area (Å²) in [5, 5.41) is 8.76. The van der Waals surface area contributed by atoms with E-state index in [0.717, 1.165) is 18.8 Å². The predicted octanol–water partition coefficient (Wildman–Crippen LogP) is 2.84. The Bertz CT molecular complexity index is 200. The Balaban J connectivity index is 2.41. The van der Waals surface area contributed by atoms with Crippen molar-refractivity contribution in [2.24, 2.45) is 11.8 Å². The van der Waals surface area contributed by atoms with Crippen LogP contribution in [0.2, 0.25) is 0 Å². The van der Waals surface area contributed by atoms with E-state index in [1.54, 1.807) is 0 Å². The molecule has 0 saturated heterocycles. The van der Waals surface area contributed by atoms with Crippen LogP contribution >= 0.6 is 0 Å². The van der Waals surface area contributed by atoms with Gasteiger partial charge in [-0.05, 0) is 37.5 Å². The molecule has 2 heteroatoms. The minimum absolute atomic E-state index is 0.236. The van der Waals surface area contributed by atoms with E-state index in [-0.39, 0.29) is 5.92 Å². The van der Waals surface area contributed by atoms with Crippen LogP contribution in [0.1, 0.15) is 39.0 Å². The first-order valence-corrected chi connectivity index (χ1v) is 5.07. The molecule has 0 heterocycles. The van der Waals surface area contributed by atoms with Crippen LogP contribution in [0.3, 0.4) is 0 Å². The van der Waals surface area contributed by atoms with Gasteiger partial charge in [0.15, 0.2) is 0 Å². The van der Waals surface area contributed by atoms with E-state index in [4.69, 9.17) is 5.11 Å². The van der Waals surface area contributed by atoms with Crippen LogP contribution in [-0.4, -0.2) is 11.1 Å². The van der Waals surface area contributed by atoms with Gasteiger partial charge in [0, 0.05) is 5.57 Å². The highest BCUT2D eigenvalue weighted by atomic mass is 16.4. The van der Waals surface area contributed by atoms with Crippen molar-refractivity contribution in [1.82, 2.24) is 0 Å². The molecule has 1 N–H and O–H groups in total. The fourth-order valence-electron chi connectivity index (χ4n) is 2.09. The lowest BCUT2D eigenvalue weighted by molar-refractivity contribution is -0.133. The van der Waals surface area contributed by atoms with E-state index in [1.807, 2.05) is 0 Å². The summed E-state index contributed by atoms with van der Waals surface area (Å²) in [7, 11) is 0. The van der Waals surface area contributed by atoms with Crippen molar-refractivity contribution in [1.29, 1.82) is 0 Å². The van der Waals surface area contributed by atoms with Crippen molar-refractivity contribution in [2.75, 3.05) is 0 Å². The van der Waals surface area contributed by atoms with Crippen LogP contribution < -0.4 is 0 Å². The SMILES string of the molecule is C=C(C(=O)O)C1CCC(CC)CC1. The zero-order valence-electron chi connectivity index (χ0n) is 8.25.